The average Bonchev–Trinajstić information content (AvgIpc) is 3.01. The topological polar surface area (TPSA) is 102 Å². The van der Waals surface area contributed by atoms with Gasteiger partial charge in [0.05, 0.1) is 16.5 Å². The number of anilines is 1. The monoisotopic (exact) mass is 538 g/mol. The van der Waals surface area contributed by atoms with Crippen LogP contribution in [-0.2, 0) is 19.1 Å². The average molecular weight is 540 g/mol. The molecule has 0 atom stereocenters. The lowest BCUT2D eigenvalue weighted by atomic mass is 10.2. The first kappa shape index (κ1) is 23.8. The highest BCUT2D eigenvalue weighted by Gasteiger charge is 2.36. The molecule has 1 heterocycles. The van der Waals surface area contributed by atoms with Crippen molar-refractivity contribution in [2.45, 2.75) is 0 Å². The molecule has 0 bridgehead atoms. The number of methoxy groups -OCH3 is 1. The number of esters is 1. The molecular formula is C21H16BrClN2O6S. The third-order valence-electron chi connectivity index (χ3n) is 4.13. The van der Waals surface area contributed by atoms with Gasteiger partial charge in [0.15, 0.2) is 6.61 Å². The molecule has 166 valence electrons. The summed E-state index contributed by atoms with van der Waals surface area (Å²) in [5, 5.41) is 2.60. The van der Waals surface area contributed by atoms with Gasteiger partial charge in [-0.15, -0.1) is 0 Å². The van der Waals surface area contributed by atoms with E-state index in [-0.39, 0.29) is 11.5 Å². The van der Waals surface area contributed by atoms with E-state index in [1.807, 2.05) is 0 Å². The highest BCUT2D eigenvalue weighted by Crippen LogP contribution is 2.34. The Balaban J connectivity index is 1.65. The molecule has 32 heavy (non-hydrogen) atoms. The summed E-state index contributed by atoms with van der Waals surface area (Å²) in [6.45, 7) is -0.653. The van der Waals surface area contributed by atoms with E-state index < -0.39 is 29.6 Å². The van der Waals surface area contributed by atoms with Crippen LogP contribution in [0.2, 0.25) is 5.02 Å². The van der Waals surface area contributed by atoms with Crippen LogP contribution in [0.15, 0.2) is 51.8 Å². The number of amides is 3. The van der Waals surface area contributed by atoms with Gasteiger partial charge in [-0.1, -0.05) is 17.7 Å². The number of halogens is 2. The van der Waals surface area contributed by atoms with Gasteiger partial charge in [-0.2, -0.15) is 0 Å². The Hall–Kier alpha value is -2.82. The maximum absolute atomic E-state index is 12.6. The fraction of sp³-hybridized carbons (Fsp3) is 0.143. The van der Waals surface area contributed by atoms with Crippen molar-refractivity contribution in [1.82, 2.24) is 4.90 Å². The number of thioether (sulfide) groups is 1. The molecule has 8 nitrogen and oxygen atoms in total. The number of ether oxygens (including phenoxy) is 2. The molecule has 0 aliphatic carbocycles. The number of imide groups is 1. The SMILES string of the molecule is COC(=O)COc1ccc(/C=C2/SC(=O)N(CC(=O)Nc3ccc(Cl)cc3)C2=O)cc1Br. The van der Waals surface area contributed by atoms with Gasteiger partial charge in [0.25, 0.3) is 11.1 Å². The van der Waals surface area contributed by atoms with Gasteiger partial charge < -0.3 is 14.8 Å². The predicted octanol–water partition coefficient (Wildman–Crippen LogP) is 4.33. The third-order valence-corrected chi connectivity index (χ3v) is 5.91. The van der Waals surface area contributed by atoms with Crippen LogP contribution in [0.25, 0.3) is 6.08 Å². The molecule has 1 fully saturated rings. The Labute approximate surface area is 201 Å². The van der Waals surface area contributed by atoms with Gasteiger partial charge in [-0.25, -0.2) is 4.79 Å². The highest BCUT2D eigenvalue weighted by atomic mass is 79.9. The van der Waals surface area contributed by atoms with Gasteiger partial charge in [-0.3, -0.25) is 19.3 Å². The summed E-state index contributed by atoms with van der Waals surface area (Å²) in [5.41, 5.74) is 1.12. The maximum Gasteiger partial charge on any atom is 0.343 e. The molecule has 1 aliphatic heterocycles. The number of carbonyl (C=O) groups is 4. The van der Waals surface area contributed by atoms with Crippen molar-refractivity contribution in [2.24, 2.45) is 0 Å². The van der Waals surface area contributed by atoms with E-state index in [9.17, 15) is 19.2 Å². The van der Waals surface area contributed by atoms with E-state index in [0.717, 1.165) is 16.7 Å². The predicted molar refractivity (Wildman–Crippen MR) is 124 cm³/mol. The molecule has 3 amide bonds. The Bertz CT molecular complexity index is 1110. The van der Waals surface area contributed by atoms with Crippen molar-refractivity contribution >= 4 is 74.1 Å². The summed E-state index contributed by atoms with van der Waals surface area (Å²) in [7, 11) is 1.26. The quantitative estimate of drug-likeness (QED) is 0.413. The second kappa shape index (κ2) is 10.7. The molecule has 3 rings (SSSR count). The maximum atomic E-state index is 12.6. The van der Waals surface area contributed by atoms with Crippen LogP contribution < -0.4 is 10.1 Å². The molecule has 0 aromatic heterocycles. The zero-order chi connectivity index (χ0) is 23.3. The van der Waals surface area contributed by atoms with E-state index in [1.165, 1.54) is 13.2 Å². The number of hydrogen-bond donors (Lipinski definition) is 1. The van der Waals surface area contributed by atoms with Gasteiger partial charge in [0, 0.05) is 10.7 Å². The number of rotatable bonds is 7. The number of hydrogen-bond acceptors (Lipinski definition) is 7. The summed E-state index contributed by atoms with van der Waals surface area (Å²) in [6.07, 6.45) is 1.54. The number of nitrogens with one attached hydrogen (secondary N) is 1. The lowest BCUT2D eigenvalue weighted by Crippen LogP contribution is -2.36. The molecule has 2 aromatic rings. The zero-order valence-corrected chi connectivity index (χ0v) is 19.8. The Kier molecular flexibility index (Phi) is 7.94. The lowest BCUT2D eigenvalue weighted by molar-refractivity contribution is -0.142. The number of nitrogens with zero attached hydrogens (tertiary/aromatic N) is 1. The minimum atomic E-state index is -0.562. The van der Waals surface area contributed by atoms with E-state index in [2.05, 4.69) is 26.0 Å². The van der Waals surface area contributed by atoms with E-state index in [0.29, 0.717) is 26.5 Å². The van der Waals surface area contributed by atoms with E-state index in [4.69, 9.17) is 16.3 Å². The van der Waals surface area contributed by atoms with Crippen molar-refractivity contribution < 1.29 is 28.7 Å². The molecule has 0 saturated carbocycles. The minimum Gasteiger partial charge on any atom is -0.481 e. The molecule has 0 unspecified atom stereocenters. The van der Waals surface area contributed by atoms with Gasteiger partial charge in [0.2, 0.25) is 5.91 Å². The molecule has 0 radical (unpaired) electrons. The number of benzene rings is 2. The van der Waals surface area contributed by atoms with Crippen molar-refractivity contribution in [2.75, 3.05) is 25.6 Å². The summed E-state index contributed by atoms with van der Waals surface area (Å²) >= 11 is 9.90. The summed E-state index contributed by atoms with van der Waals surface area (Å²) < 4.78 is 10.4. The van der Waals surface area contributed by atoms with Gasteiger partial charge >= 0.3 is 5.97 Å². The van der Waals surface area contributed by atoms with Gasteiger partial charge in [-0.05, 0) is 75.7 Å². The molecule has 1 aliphatic rings. The first-order chi connectivity index (χ1) is 15.3. The van der Waals surface area contributed by atoms with E-state index in [1.54, 1.807) is 42.5 Å². The molecule has 1 saturated heterocycles. The normalized spacial score (nSPS) is 14.6. The summed E-state index contributed by atoms with van der Waals surface area (Å²) in [6, 6.07) is 11.4. The zero-order valence-electron chi connectivity index (χ0n) is 16.6. The van der Waals surface area contributed by atoms with Gasteiger partial charge in [0.1, 0.15) is 12.3 Å². The fourth-order valence-corrected chi connectivity index (χ4v) is 4.06. The third kappa shape index (κ3) is 6.12. The Morgan fingerprint density at radius 3 is 2.56 bits per heavy atom. The largest absolute Gasteiger partial charge is 0.481 e. The number of carbonyl (C=O) groups excluding carboxylic acids is 4. The van der Waals surface area contributed by atoms with Crippen LogP contribution in [0, 0.1) is 0 Å². The highest BCUT2D eigenvalue weighted by molar-refractivity contribution is 9.10. The smallest absolute Gasteiger partial charge is 0.343 e. The summed E-state index contributed by atoms with van der Waals surface area (Å²) in [4.78, 5) is 49.4. The van der Waals surface area contributed by atoms with Crippen LogP contribution in [0.1, 0.15) is 5.56 Å². The van der Waals surface area contributed by atoms with Crippen LogP contribution in [0.3, 0.4) is 0 Å². The molecule has 11 heteroatoms. The first-order valence-corrected chi connectivity index (χ1v) is 11.1. The van der Waals surface area contributed by atoms with Crippen LogP contribution in [-0.4, -0.2) is 48.2 Å². The van der Waals surface area contributed by atoms with E-state index >= 15 is 0 Å². The Morgan fingerprint density at radius 2 is 1.91 bits per heavy atom. The molecule has 2 aromatic carbocycles. The second-order valence-electron chi connectivity index (χ2n) is 6.38. The molecule has 1 N–H and O–H groups in total. The first-order valence-electron chi connectivity index (χ1n) is 9.07. The Morgan fingerprint density at radius 1 is 1.19 bits per heavy atom. The second-order valence-corrected chi connectivity index (χ2v) is 8.66. The standard InChI is InChI=1S/C21H16BrClN2O6S/c1-30-19(27)11-31-16-7-2-12(8-15(16)22)9-17-20(28)25(21(29)32-17)10-18(26)24-14-5-3-13(23)4-6-14/h2-9H,10-11H2,1H3,(H,24,26)/b17-9+. The van der Waals surface area contributed by atoms with Crippen molar-refractivity contribution in [3.8, 4) is 5.75 Å². The van der Waals surface area contributed by atoms with Crippen LogP contribution in [0.4, 0.5) is 10.5 Å². The van der Waals surface area contributed by atoms with Crippen LogP contribution >= 0.6 is 39.3 Å². The van der Waals surface area contributed by atoms with Crippen LogP contribution in [0.5, 0.6) is 5.75 Å². The van der Waals surface area contributed by atoms with Crippen molar-refractivity contribution in [3.63, 3.8) is 0 Å². The molecule has 0 spiro atoms. The summed E-state index contributed by atoms with van der Waals surface area (Å²) in [5.74, 6) is -1.17. The molecular weight excluding hydrogens is 524 g/mol. The van der Waals surface area contributed by atoms with Crippen molar-refractivity contribution in [3.05, 3.63) is 62.4 Å². The lowest BCUT2D eigenvalue weighted by Gasteiger charge is -2.12. The minimum absolute atomic E-state index is 0.185. The van der Waals surface area contributed by atoms with Crippen molar-refractivity contribution in [1.29, 1.82) is 0 Å². The fourth-order valence-electron chi connectivity index (χ4n) is 2.58.